The fourth-order valence-electron chi connectivity index (χ4n) is 6.89. The van der Waals surface area contributed by atoms with Crippen LogP contribution >= 0.6 is 11.3 Å². The van der Waals surface area contributed by atoms with Gasteiger partial charge in [-0.2, -0.15) is 5.10 Å². The highest BCUT2D eigenvalue weighted by molar-refractivity contribution is 7.15. The Hall–Kier alpha value is -2.61. The Morgan fingerprint density at radius 1 is 1.09 bits per heavy atom. The predicted octanol–water partition coefficient (Wildman–Crippen LogP) is 4.62. The van der Waals surface area contributed by atoms with Gasteiger partial charge in [-0.05, 0) is 68.3 Å². The number of hydrogen-bond donors (Lipinski definition) is 1. The molecule has 8 heteroatoms. The van der Waals surface area contributed by atoms with Gasteiger partial charge in [-0.15, -0.1) is 10.2 Å². The molecule has 3 aromatic rings. The Balaban J connectivity index is 1.30. The maximum Gasteiger partial charge on any atom is 0.278 e. The molecule has 4 fully saturated rings. The van der Waals surface area contributed by atoms with E-state index in [0.29, 0.717) is 22.4 Å². The number of hydrogen-bond acceptors (Lipinski definition) is 6. The quantitative estimate of drug-likeness (QED) is 0.596. The normalized spacial score (nSPS) is 28.0. The smallest absolute Gasteiger partial charge is 0.278 e. The van der Waals surface area contributed by atoms with Gasteiger partial charge >= 0.3 is 0 Å². The van der Waals surface area contributed by atoms with Crippen LogP contribution in [0.2, 0.25) is 0 Å². The van der Waals surface area contributed by atoms with E-state index in [1.807, 2.05) is 26.0 Å². The van der Waals surface area contributed by atoms with Gasteiger partial charge in [-0.25, -0.2) is 4.68 Å². The molecule has 7 rings (SSSR count). The van der Waals surface area contributed by atoms with Crippen molar-refractivity contribution in [3.8, 4) is 0 Å². The van der Waals surface area contributed by atoms with Crippen molar-refractivity contribution in [2.24, 2.45) is 23.7 Å². The molecule has 7 nitrogen and oxygen atoms in total. The molecular weight excluding hydrogens is 434 g/mol. The molecule has 0 radical (unpaired) electrons. The molecule has 172 valence electrons. The SMILES string of the molecule is CC(C)Cn1nc(C(=O)Nc2nnc(C34CC5CC(CC(C5)C3)C4)s2)c2ccccc2c1=O. The van der Waals surface area contributed by atoms with Crippen LogP contribution in [0.5, 0.6) is 0 Å². The number of carbonyl (C=O) groups is 1. The topological polar surface area (TPSA) is 89.8 Å². The number of nitrogens with zero attached hydrogens (tertiary/aromatic N) is 4. The highest BCUT2D eigenvalue weighted by Crippen LogP contribution is 2.61. The number of benzene rings is 1. The summed E-state index contributed by atoms with van der Waals surface area (Å²) < 4.78 is 1.41. The summed E-state index contributed by atoms with van der Waals surface area (Å²) in [5, 5.41) is 19.0. The molecule has 1 amide bonds. The van der Waals surface area contributed by atoms with Crippen molar-refractivity contribution in [2.75, 3.05) is 5.32 Å². The summed E-state index contributed by atoms with van der Waals surface area (Å²) in [4.78, 5) is 26.1. The van der Waals surface area contributed by atoms with E-state index >= 15 is 0 Å². The van der Waals surface area contributed by atoms with Crippen molar-refractivity contribution < 1.29 is 4.79 Å². The fourth-order valence-corrected chi connectivity index (χ4v) is 7.85. The highest BCUT2D eigenvalue weighted by atomic mass is 32.1. The summed E-state index contributed by atoms with van der Waals surface area (Å²) >= 11 is 1.52. The van der Waals surface area contributed by atoms with E-state index in [4.69, 9.17) is 0 Å². The van der Waals surface area contributed by atoms with Gasteiger partial charge in [0.05, 0.1) is 5.39 Å². The number of amides is 1. The first-order chi connectivity index (χ1) is 15.9. The standard InChI is InChI=1S/C25H29N5O2S/c1-14(2)13-30-22(32)19-6-4-3-5-18(19)20(29-30)21(31)26-24-28-27-23(33-24)25-10-15-7-16(11-25)9-17(8-15)12-25/h3-6,14-17H,7-13H2,1-2H3,(H,26,28,31). The summed E-state index contributed by atoms with van der Waals surface area (Å²) in [6.07, 6.45) is 7.79. The van der Waals surface area contributed by atoms with E-state index in [0.717, 1.165) is 22.8 Å². The van der Waals surface area contributed by atoms with Gasteiger partial charge in [-0.1, -0.05) is 43.4 Å². The Kier molecular flexibility index (Phi) is 4.90. The lowest BCUT2D eigenvalue weighted by Gasteiger charge is -2.55. The monoisotopic (exact) mass is 463 g/mol. The second-order valence-corrected chi connectivity index (χ2v) is 11.8. The zero-order chi connectivity index (χ0) is 22.7. The summed E-state index contributed by atoms with van der Waals surface area (Å²) in [7, 11) is 0. The van der Waals surface area contributed by atoms with Crippen molar-refractivity contribution in [2.45, 2.75) is 64.3 Å². The first kappa shape index (κ1) is 21.0. The molecule has 4 saturated carbocycles. The number of nitrogens with one attached hydrogen (secondary N) is 1. The van der Waals surface area contributed by atoms with Gasteiger partial charge in [0.2, 0.25) is 5.13 Å². The van der Waals surface area contributed by atoms with Gasteiger partial charge < -0.3 is 0 Å². The van der Waals surface area contributed by atoms with Crippen LogP contribution in [-0.4, -0.2) is 25.9 Å². The third-order valence-corrected chi connectivity index (χ3v) is 8.84. The average molecular weight is 464 g/mol. The van der Waals surface area contributed by atoms with Crippen LogP contribution in [0, 0.1) is 23.7 Å². The van der Waals surface area contributed by atoms with Crippen molar-refractivity contribution in [3.05, 3.63) is 45.3 Å². The molecule has 4 aliphatic rings. The van der Waals surface area contributed by atoms with Gasteiger partial charge in [0.1, 0.15) is 5.01 Å². The molecule has 0 aliphatic heterocycles. The molecule has 2 heterocycles. The predicted molar refractivity (Wildman–Crippen MR) is 129 cm³/mol. The Bertz CT molecular complexity index is 1260. The van der Waals surface area contributed by atoms with Crippen molar-refractivity contribution in [3.63, 3.8) is 0 Å². The number of rotatable bonds is 5. The molecule has 0 unspecified atom stereocenters. The summed E-state index contributed by atoms with van der Waals surface area (Å²) in [5.74, 6) is 2.37. The largest absolute Gasteiger partial charge is 0.295 e. The molecule has 33 heavy (non-hydrogen) atoms. The molecule has 0 saturated heterocycles. The highest BCUT2D eigenvalue weighted by Gasteiger charge is 2.53. The van der Waals surface area contributed by atoms with Crippen LogP contribution in [0.3, 0.4) is 0 Å². The number of anilines is 1. The van der Waals surface area contributed by atoms with Crippen molar-refractivity contribution >= 4 is 33.1 Å². The lowest BCUT2D eigenvalue weighted by molar-refractivity contribution is -0.00555. The molecular formula is C25H29N5O2S. The maximum atomic E-state index is 13.3. The Morgan fingerprint density at radius 2 is 1.73 bits per heavy atom. The lowest BCUT2D eigenvalue weighted by atomic mass is 9.50. The van der Waals surface area contributed by atoms with Gasteiger partial charge in [0.15, 0.2) is 5.69 Å². The van der Waals surface area contributed by atoms with E-state index in [1.165, 1.54) is 54.5 Å². The van der Waals surface area contributed by atoms with E-state index in [9.17, 15) is 9.59 Å². The first-order valence-corrected chi connectivity index (χ1v) is 12.9. The van der Waals surface area contributed by atoms with Crippen LogP contribution < -0.4 is 10.9 Å². The van der Waals surface area contributed by atoms with E-state index in [1.54, 1.807) is 12.1 Å². The molecule has 4 aliphatic carbocycles. The van der Waals surface area contributed by atoms with Gasteiger partial charge in [0.25, 0.3) is 11.5 Å². The van der Waals surface area contributed by atoms with E-state index in [-0.39, 0.29) is 28.5 Å². The van der Waals surface area contributed by atoms with Crippen LogP contribution in [-0.2, 0) is 12.0 Å². The summed E-state index contributed by atoms with van der Waals surface area (Å²) in [6, 6.07) is 7.17. The third kappa shape index (κ3) is 3.59. The number of fused-ring (bicyclic) bond motifs is 1. The van der Waals surface area contributed by atoms with E-state index < -0.39 is 0 Å². The molecule has 2 aromatic heterocycles. The van der Waals surface area contributed by atoms with Crippen LogP contribution in [0.4, 0.5) is 5.13 Å². The van der Waals surface area contributed by atoms with Crippen molar-refractivity contribution in [1.29, 1.82) is 0 Å². The first-order valence-electron chi connectivity index (χ1n) is 12.1. The Morgan fingerprint density at radius 3 is 2.36 bits per heavy atom. The zero-order valence-corrected chi connectivity index (χ0v) is 19.9. The van der Waals surface area contributed by atoms with Gasteiger partial charge in [-0.3, -0.25) is 14.9 Å². The molecule has 1 aromatic carbocycles. The van der Waals surface area contributed by atoms with Crippen LogP contribution in [0.25, 0.3) is 10.8 Å². The minimum Gasteiger partial charge on any atom is -0.295 e. The van der Waals surface area contributed by atoms with Gasteiger partial charge in [0, 0.05) is 17.3 Å². The van der Waals surface area contributed by atoms with Crippen LogP contribution in [0.15, 0.2) is 29.1 Å². The molecule has 4 bridgehead atoms. The second kappa shape index (κ2) is 7.72. The molecule has 1 N–H and O–H groups in total. The summed E-state index contributed by atoms with van der Waals surface area (Å²) in [6.45, 7) is 4.51. The van der Waals surface area contributed by atoms with E-state index in [2.05, 4.69) is 20.6 Å². The number of aromatic nitrogens is 4. The lowest BCUT2D eigenvalue weighted by Crippen LogP contribution is -2.48. The zero-order valence-electron chi connectivity index (χ0n) is 19.1. The molecule has 0 spiro atoms. The second-order valence-electron chi connectivity index (χ2n) is 10.8. The van der Waals surface area contributed by atoms with Crippen LogP contribution in [0.1, 0.15) is 67.9 Å². The average Bonchev–Trinajstić information content (AvgIpc) is 3.24. The summed E-state index contributed by atoms with van der Waals surface area (Å²) in [5.41, 5.74) is 0.235. The fraction of sp³-hybridized carbons (Fsp3) is 0.560. The third-order valence-electron chi connectivity index (χ3n) is 7.76. The minimum absolute atomic E-state index is 0.158. The minimum atomic E-state index is -0.350. The number of carbonyl (C=O) groups excluding carboxylic acids is 1. The molecule has 0 atom stereocenters. The Labute approximate surface area is 196 Å². The maximum absolute atomic E-state index is 13.3. The van der Waals surface area contributed by atoms with Crippen molar-refractivity contribution in [1.82, 2.24) is 20.0 Å².